The van der Waals surface area contributed by atoms with Gasteiger partial charge in [0.2, 0.25) is 5.91 Å². The van der Waals surface area contributed by atoms with Crippen molar-refractivity contribution < 1.29 is 18.4 Å². The second-order valence-corrected chi connectivity index (χ2v) is 9.93. The molecule has 5 rings (SSSR count). The van der Waals surface area contributed by atoms with Gasteiger partial charge in [0.25, 0.3) is 5.91 Å². The van der Waals surface area contributed by atoms with E-state index in [2.05, 4.69) is 10.6 Å². The minimum atomic E-state index is -0.931. The van der Waals surface area contributed by atoms with Crippen LogP contribution in [0.1, 0.15) is 62.7 Å². The molecule has 4 nitrogen and oxygen atoms in total. The normalized spacial score (nSPS) is 31.0. The highest BCUT2D eigenvalue weighted by molar-refractivity contribution is 5.98. The predicted molar refractivity (Wildman–Crippen MR) is 106 cm³/mol. The maximum atomic E-state index is 13.9. The van der Waals surface area contributed by atoms with Gasteiger partial charge in [0.15, 0.2) is 0 Å². The molecule has 4 fully saturated rings. The van der Waals surface area contributed by atoms with Crippen LogP contribution < -0.4 is 10.6 Å². The summed E-state index contributed by atoms with van der Waals surface area (Å²) in [6.45, 7) is 4.25. The van der Waals surface area contributed by atoms with E-state index in [1.807, 2.05) is 13.8 Å². The summed E-state index contributed by atoms with van der Waals surface area (Å²) in [5.41, 5.74) is -0.458. The van der Waals surface area contributed by atoms with Crippen LogP contribution in [-0.2, 0) is 4.79 Å². The molecule has 29 heavy (non-hydrogen) atoms. The van der Waals surface area contributed by atoms with E-state index in [0.29, 0.717) is 6.54 Å². The van der Waals surface area contributed by atoms with E-state index in [1.165, 1.54) is 44.6 Å². The lowest BCUT2D eigenvalue weighted by Gasteiger charge is -2.57. The zero-order valence-corrected chi connectivity index (χ0v) is 17.1. The van der Waals surface area contributed by atoms with Gasteiger partial charge in [0, 0.05) is 6.54 Å². The number of halogens is 2. The van der Waals surface area contributed by atoms with Gasteiger partial charge in [0.1, 0.15) is 23.2 Å². The Morgan fingerprint density at radius 2 is 1.55 bits per heavy atom. The molecule has 0 spiro atoms. The average molecular weight is 405 g/mol. The van der Waals surface area contributed by atoms with Crippen LogP contribution in [0.3, 0.4) is 0 Å². The number of nitrogens with one attached hydrogen (secondary N) is 2. The van der Waals surface area contributed by atoms with Crippen molar-refractivity contribution in [3.8, 4) is 0 Å². The largest absolute Gasteiger partial charge is 0.354 e. The molecule has 2 amide bonds. The molecule has 4 saturated carbocycles. The molecule has 0 saturated heterocycles. The van der Waals surface area contributed by atoms with E-state index in [9.17, 15) is 18.4 Å². The lowest BCUT2D eigenvalue weighted by atomic mass is 9.49. The highest BCUT2D eigenvalue weighted by Crippen LogP contribution is 2.59. The van der Waals surface area contributed by atoms with Gasteiger partial charge in [-0.05, 0) is 79.7 Å². The van der Waals surface area contributed by atoms with Gasteiger partial charge in [-0.25, -0.2) is 8.78 Å². The Kier molecular flexibility index (Phi) is 5.38. The second-order valence-electron chi connectivity index (χ2n) is 9.93. The number of hydrogen-bond donors (Lipinski definition) is 2. The van der Waals surface area contributed by atoms with E-state index in [4.69, 9.17) is 0 Å². The lowest BCUT2D eigenvalue weighted by molar-refractivity contribution is -0.126. The summed E-state index contributed by atoms with van der Waals surface area (Å²) >= 11 is 0. The summed E-state index contributed by atoms with van der Waals surface area (Å²) < 4.78 is 27.8. The van der Waals surface area contributed by atoms with Crippen molar-refractivity contribution in [1.29, 1.82) is 0 Å². The number of carbonyl (C=O) groups is 2. The van der Waals surface area contributed by atoms with Crippen molar-refractivity contribution in [2.24, 2.45) is 29.1 Å². The van der Waals surface area contributed by atoms with E-state index >= 15 is 0 Å². The summed E-state index contributed by atoms with van der Waals surface area (Å²) in [6.07, 6.45) is 7.56. The van der Waals surface area contributed by atoms with Gasteiger partial charge in [-0.1, -0.05) is 19.9 Å². The molecule has 2 N–H and O–H groups in total. The first-order valence-electron chi connectivity index (χ1n) is 10.8. The van der Waals surface area contributed by atoms with Crippen molar-refractivity contribution in [3.63, 3.8) is 0 Å². The minimum Gasteiger partial charge on any atom is -0.354 e. The van der Waals surface area contributed by atoms with Crippen LogP contribution in [0.2, 0.25) is 0 Å². The maximum absolute atomic E-state index is 13.9. The molecule has 1 aromatic carbocycles. The molecule has 0 unspecified atom stereocenters. The number of carbonyl (C=O) groups excluding carboxylic acids is 2. The van der Waals surface area contributed by atoms with Crippen LogP contribution in [0.25, 0.3) is 0 Å². The molecule has 0 aromatic heterocycles. The first-order chi connectivity index (χ1) is 13.8. The molecule has 0 heterocycles. The average Bonchev–Trinajstić information content (AvgIpc) is 2.63. The molecular formula is C23H30F2N2O2. The molecule has 1 atom stereocenters. The van der Waals surface area contributed by atoms with E-state index in [-0.39, 0.29) is 17.2 Å². The Morgan fingerprint density at radius 3 is 2.03 bits per heavy atom. The third-order valence-corrected chi connectivity index (χ3v) is 7.23. The highest BCUT2D eigenvalue weighted by Gasteiger charge is 2.50. The molecule has 158 valence electrons. The Bertz CT molecular complexity index is 753. The Hall–Kier alpha value is -1.98. The molecule has 1 aromatic rings. The van der Waals surface area contributed by atoms with Gasteiger partial charge < -0.3 is 10.6 Å². The van der Waals surface area contributed by atoms with E-state index in [0.717, 1.165) is 29.9 Å². The third-order valence-electron chi connectivity index (χ3n) is 7.23. The third kappa shape index (κ3) is 4.03. The fourth-order valence-electron chi connectivity index (χ4n) is 6.35. The first kappa shape index (κ1) is 20.3. The van der Waals surface area contributed by atoms with Crippen LogP contribution in [-0.4, -0.2) is 24.4 Å². The van der Waals surface area contributed by atoms with Crippen molar-refractivity contribution >= 4 is 11.8 Å². The molecule has 4 aliphatic rings. The number of amides is 2. The van der Waals surface area contributed by atoms with Crippen LogP contribution >= 0.6 is 0 Å². The van der Waals surface area contributed by atoms with Gasteiger partial charge in [-0.3, -0.25) is 9.59 Å². The first-order valence-corrected chi connectivity index (χ1v) is 10.8. The maximum Gasteiger partial charge on any atom is 0.257 e. The fraction of sp³-hybridized carbons (Fsp3) is 0.652. The van der Waals surface area contributed by atoms with Crippen LogP contribution in [0.4, 0.5) is 8.78 Å². The topological polar surface area (TPSA) is 58.2 Å². The summed E-state index contributed by atoms with van der Waals surface area (Å²) in [5, 5.41) is 5.61. The second kappa shape index (κ2) is 7.69. The molecule has 4 bridgehead atoms. The number of benzene rings is 1. The lowest BCUT2D eigenvalue weighted by Crippen LogP contribution is -2.55. The van der Waals surface area contributed by atoms with Crippen molar-refractivity contribution in [3.05, 3.63) is 35.4 Å². The summed E-state index contributed by atoms with van der Waals surface area (Å²) in [4.78, 5) is 25.4. The van der Waals surface area contributed by atoms with Crippen LogP contribution in [0, 0.1) is 40.7 Å². The van der Waals surface area contributed by atoms with E-state index in [1.54, 1.807) is 0 Å². The fourth-order valence-corrected chi connectivity index (χ4v) is 6.35. The molecule has 0 radical (unpaired) electrons. The molecule has 4 aliphatic carbocycles. The molecule has 6 heteroatoms. The van der Waals surface area contributed by atoms with Crippen molar-refractivity contribution in [2.75, 3.05) is 6.54 Å². The van der Waals surface area contributed by atoms with Crippen LogP contribution in [0.15, 0.2) is 18.2 Å². The van der Waals surface area contributed by atoms with Gasteiger partial charge in [-0.2, -0.15) is 0 Å². The van der Waals surface area contributed by atoms with Gasteiger partial charge >= 0.3 is 0 Å². The highest BCUT2D eigenvalue weighted by atomic mass is 19.1. The summed E-state index contributed by atoms with van der Waals surface area (Å²) in [5.74, 6) is -0.860. The standard InChI is InChI=1S/C23H30F2N2O2/c1-13(2)20(27-21(28)19-17(24)4-3-5-18(19)25)22(29)26-12-23-9-14-6-15(10-23)8-16(7-14)11-23/h3-5,13-16,20H,6-12H2,1-2H3,(H,26,29)(H,27,28)/t14?,15?,16?,20-,23?/m0/s1. The summed E-state index contributed by atoms with van der Waals surface area (Å²) in [6, 6.07) is 2.44. The van der Waals surface area contributed by atoms with E-state index < -0.39 is 29.1 Å². The predicted octanol–water partition coefficient (Wildman–Crippen LogP) is 4.05. The van der Waals surface area contributed by atoms with Crippen molar-refractivity contribution in [1.82, 2.24) is 10.6 Å². The minimum absolute atomic E-state index is 0.188. The number of rotatable bonds is 6. The Labute approximate surface area is 170 Å². The molecular weight excluding hydrogens is 374 g/mol. The zero-order valence-electron chi connectivity index (χ0n) is 17.1. The quantitative estimate of drug-likeness (QED) is 0.752. The number of hydrogen-bond acceptors (Lipinski definition) is 2. The van der Waals surface area contributed by atoms with Crippen molar-refractivity contribution in [2.45, 2.75) is 58.4 Å². The molecule has 0 aliphatic heterocycles. The van der Waals surface area contributed by atoms with Gasteiger partial charge in [-0.15, -0.1) is 0 Å². The van der Waals surface area contributed by atoms with Crippen LogP contribution in [0.5, 0.6) is 0 Å². The summed E-state index contributed by atoms with van der Waals surface area (Å²) in [7, 11) is 0. The van der Waals surface area contributed by atoms with Gasteiger partial charge in [0.05, 0.1) is 0 Å². The SMILES string of the molecule is CC(C)[C@H](NC(=O)c1c(F)cccc1F)C(=O)NCC12CC3CC(CC(C3)C1)C2. The Balaban J connectivity index is 1.41. The monoisotopic (exact) mass is 404 g/mol. The zero-order chi connectivity index (χ0) is 20.8. The smallest absolute Gasteiger partial charge is 0.257 e. The Morgan fingerprint density at radius 1 is 1.03 bits per heavy atom.